The maximum atomic E-state index is 9.43. The number of aromatic hydroxyl groups is 2. The van der Waals surface area contributed by atoms with Gasteiger partial charge in [0.1, 0.15) is 23.0 Å². The van der Waals surface area contributed by atoms with Crippen LogP contribution < -0.4 is 9.47 Å². The highest BCUT2D eigenvalue weighted by Crippen LogP contribution is 2.20. The van der Waals surface area contributed by atoms with E-state index in [-0.39, 0.29) is 24.1 Å². The van der Waals surface area contributed by atoms with E-state index in [1.807, 2.05) is 62.4 Å². The third-order valence-corrected chi connectivity index (χ3v) is 6.88. The summed E-state index contributed by atoms with van der Waals surface area (Å²) in [6.45, 7) is 5.15. The van der Waals surface area contributed by atoms with Crippen molar-refractivity contribution in [1.82, 2.24) is 0 Å². The van der Waals surface area contributed by atoms with Crippen LogP contribution in [-0.4, -0.2) is 36.0 Å². The molecule has 6 heteroatoms. The lowest BCUT2D eigenvalue weighted by molar-refractivity contribution is -0.0709. The average molecular weight is 571 g/mol. The van der Waals surface area contributed by atoms with E-state index >= 15 is 0 Å². The highest BCUT2D eigenvalue weighted by molar-refractivity contribution is 5.35. The molecule has 6 nitrogen and oxygen atoms in total. The zero-order chi connectivity index (χ0) is 29.6. The summed E-state index contributed by atoms with van der Waals surface area (Å²) in [6.07, 6.45) is 5.08. The minimum atomic E-state index is -0.309. The molecule has 4 aromatic rings. The van der Waals surface area contributed by atoms with Crippen molar-refractivity contribution < 1.29 is 29.2 Å². The molecule has 0 aliphatic rings. The minimum Gasteiger partial charge on any atom is -0.508 e. The van der Waals surface area contributed by atoms with Crippen molar-refractivity contribution >= 4 is 0 Å². The van der Waals surface area contributed by atoms with Gasteiger partial charge in [-0.25, -0.2) is 0 Å². The molecule has 4 rings (SSSR count). The first kappa shape index (κ1) is 30.9. The summed E-state index contributed by atoms with van der Waals surface area (Å²) in [5.41, 5.74) is 4.67. The van der Waals surface area contributed by atoms with Gasteiger partial charge in [-0.05, 0) is 110 Å². The van der Waals surface area contributed by atoms with Gasteiger partial charge >= 0.3 is 0 Å². The molecule has 2 N–H and O–H groups in total. The van der Waals surface area contributed by atoms with Crippen molar-refractivity contribution in [3.63, 3.8) is 0 Å². The lowest BCUT2D eigenvalue weighted by Crippen LogP contribution is -2.17. The summed E-state index contributed by atoms with van der Waals surface area (Å²) in [5.74, 6) is 2.14. The SMILES string of the molecule is CC(OCCCCCCOC(C)Oc1ccc(Cc2ccc(O)cc2)cc1)Oc1ccc(Cc2ccc(O)cc2)cc1. The predicted molar refractivity (Wildman–Crippen MR) is 165 cm³/mol. The molecule has 0 heterocycles. The van der Waals surface area contributed by atoms with Gasteiger partial charge in [0.25, 0.3) is 0 Å². The molecular formula is C36H42O6. The van der Waals surface area contributed by atoms with Crippen LogP contribution in [0.4, 0.5) is 0 Å². The van der Waals surface area contributed by atoms with Crippen LogP contribution in [-0.2, 0) is 22.3 Å². The Morgan fingerprint density at radius 2 is 0.762 bits per heavy atom. The van der Waals surface area contributed by atoms with E-state index in [1.54, 1.807) is 24.3 Å². The Kier molecular flexibility index (Phi) is 12.1. The van der Waals surface area contributed by atoms with E-state index in [0.29, 0.717) is 13.2 Å². The van der Waals surface area contributed by atoms with E-state index in [1.165, 1.54) is 11.1 Å². The first-order valence-electron chi connectivity index (χ1n) is 14.7. The lowest BCUT2D eigenvalue weighted by Gasteiger charge is -2.16. The van der Waals surface area contributed by atoms with E-state index in [9.17, 15) is 10.2 Å². The Bertz CT molecular complexity index is 1200. The monoisotopic (exact) mass is 570 g/mol. The number of hydrogen-bond donors (Lipinski definition) is 2. The molecule has 0 aromatic heterocycles. The van der Waals surface area contributed by atoms with Crippen molar-refractivity contribution in [1.29, 1.82) is 0 Å². The molecule has 0 aliphatic carbocycles. The molecule has 2 unspecified atom stereocenters. The third-order valence-electron chi connectivity index (χ3n) is 6.88. The molecule has 0 aliphatic heterocycles. The van der Waals surface area contributed by atoms with E-state index < -0.39 is 0 Å². The van der Waals surface area contributed by atoms with Crippen LogP contribution in [0.3, 0.4) is 0 Å². The largest absolute Gasteiger partial charge is 0.508 e. The number of unbranched alkanes of at least 4 members (excludes halogenated alkanes) is 3. The Hall–Kier alpha value is -4.00. The smallest absolute Gasteiger partial charge is 0.196 e. The van der Waals surface area contributed by atoms with Gasteiger partial charge < -0.3 is 29.2 Å². The van der Waals surface area contributed by atoms with Crippen molar-refractivity contribution in [3.05, 3.63) is 119 Å². The molecule has 0 bridgehead atoms. The normalized spacial score (nSPS) is 12.5. The van der Waals surface area contributed by atoms with Crippen LogP contribution in [0.25, 0.3) is 0 Å². The van der Waals surface area contributed by atoms with Crippen molar-refractivity contribution in [2.24, 2.45) is 0 Å². The van der Waals surface area contributed by atoms with Gasteiger partial charge in [-0.3, -0.25) is 0 Å². The van der Waals surface area contributed by atoms with Gasteiger partial charge in [0, 0.05) is 0 Å². The molecule has 222 valence electrons. The van der Waals surface area contributed by atoms with Crippen molar-refractivity contribution in [2.45, 2.75) is 65.0 Å². The van der Waals surface area contributed by atoms with Gasteiger partial charge in [0.15, 0.2) is 12.6 Å². The molecule has 0 spiro atoms. The first-order chi connectivity index (χ1) is 20.4. The molecule has 2 atom stereocenters. The van der Waals surface area contributed by atoms with Crippen molar-refractivity contribution in [2.75, 3.05) is 13.2 Å². The Morgan fingerprint density at radius 3 is 1.10 bits per heavy atom. The summed E-state index contributed by atoms with van der Waals surface area (Å²) in [7, 11) is 0. The molecule has 42 heavy (non-hydrogen) atoms. The standard InChI is InChI=1S/C36H42O6/c1-27(41-35-19-11-31(12-20-35)25-29-7-15-33(37)16-8-29)39-23-5-3-4-6-24-40-28(2)42-36-21-13-32(14-22-36)26-30-9-17-34(38)18-10-30/h7-22,27-28,37-38H,3-6,23-26H2,1-2H3. The number of rotatable bonds is 17. The number of benzene rings is 4. The molecule has 4 aromatic carbocycles. The fourth-order valence-corrected chi connectivity index (χ4v) is 4.58. The zero-order valence-electron chi connectivity index (χ0n) is 24.6. The van der Waals surface area contributed by atoms with Gasteiger partial charge in [-0.1, -0.05) is 61.4 Å². The van der Waals surface area contributed by atoms with E-state index in [2.05, 4.69) is 24.3 Å². The predicted octanol–water partition coefficient (Wildman–Crippen LogP) is 8.02. The topological polar surface area (TPSA) is 77.4 Å². The second-order valence-corrected chi connectivity index (χ2v) is 10.5. The third kappa shape index (κ3) is 11.1. The van der Waals surface area contributed by atoms with Gasteiger partial charge in [0.2, 0.25) is 0 Å². The van der Waals surface area contributed by atoms with E-state index in [4.69, 9.17) is 18.9 Å². The Labute approximate surface area is 249 Å². The molecule has 0 saturated carbocycles. The Balaban J connectivity index is 1.01. The second-order valence-electron chi connectivity index (χ2n) is 10.5. The fraction of sp³-hybridized carbons (Fsp3) is 0.333. The number of phenols is 2. The fourth-order valence-electron chi connectivity index (χ4n) is 4.58. The first-order valence-corrected chi connectivity index (χ1v) is 14.7. The van der Waals surface area contributed by atoms with Crippen LogP contribution in [0.15, 0.2) is 97.1 Å². The minimum absolute atomic E-state index is 0.281. The summed E-state index contributed by atoms with van der Waals surface area (Å²) >= 11 is 0. The number of hydrogen-bond acceptors (Lipinski definition) is 6. The van der Waals surface area contributed by atoms with Crippen molar-refractivity contribution in [3.8, 4) is 23.0 Å². The zero-order valence-corrected chi connectivity index (χ0v) is 24.6. The molecule has 0 fully saturated rings. The molecule has 0 amide bonds. The van der Waals surface area contributed by atoms with Gasteiger partial charge in [-0.15, -0.1) is 0 Å². The summed E-state index contributed by atoms with van der Waals surface area (Å²) in [4.78, 5) is 0. The summed E-state index contributed by atoms with van der Waals surface area (Å²) in [5, 5.41) is 18.9. The van der Waals surface area contributed by atoms with Crippen LogP contribution in [0.2, 0.25) is 0 Å². The molecular weight excluding hydrogens is 528 g/mol. The maximum absolute atomic E-state index is 9.43. The maximum Gasteiger partial charge on any atom is 0.196 e. The molecule has 0 saturated heterocycles. The van der Waals surface area contributed by atoms with Gasteiger partial charge in [-0.2, -0.15) is 0 Å². The van der Waals surface area contributed by atoms with Crippen LogP contribution >= 0.6 is 0 Å². The highest BCUT2D eigenvalue weighted by Gasteiger charge is 2.07. The number of phenolic OH excluding ortho intramolecular Hbond substituents is 2. The molecule has 0 radical (unpaired) electrons. The van der Waals surface area contributed by atoms with Crippen LogP contribution in [0.5, 0.6) is 23.0 Å². The lowest BCUT2D eigenvalue weighted by atomic mass is 10.0. The Morgan fingerprint density at radius 1 is 0.452 bits per heavy atom. The summed E-state index contributed by atoms with van der Waals surface area (Å²) in [6, 6.07) is 30.7. The number of ether oxygens (including phenoxy) is 4. The van der Waals surface area contributed by atoms with Crippen LogP contribution in [0.1, 0.15) is 61.8 Å². The second kappa shape index (κ2) is 16.4. The van der Waals surface area contributed by atoms with E-state index in [0.717, 1.165) is 61.2 Å². The summed E-state index contributed by atoms with van der Waals surface area (Å²) < 4.78 is 23.5. The van der Waals surface area contributed by atoms with Crippen LogP contribution in [0, 0.1) is 0 Å². The average Bonchev–Trinajstić information content (AvgIpc) is 2.99. The van der Waals surface area contributed by atoms with Gasteiger partial charge in [0.05, 0.1) is 13.2 Å². The quantitative estimate of drug-likeness (QED) is 0.0989. The highest BCUT2D eigenvalue weighted by atomic mass is 16.7.